The Kier molecular flexibility index (Phi) is 3.87. The molecule has 9 heteroatoms. The highest BCUT2D eigenvalue weighted by Gasteiger charge is 2.14. The molecule has 0 bridgehead atoms. The van der Waals surface area contributed by atoms with Crippen LogP contribution in [0.5, 0.6) is 0 Å². The Hall–Kier alpha value is -3.64. The molecule has 1 N–H and O–H groups in total. The Labute approximate surface area is 150 Å². The Balaban J connectivity index is 1.60. The van der Waals surface area contributed by atoms with Crippen LogP contribution in [0.4, 0.5) is 10.1 Å². The number of benzene rings is 2. The molecule has 2 heterocycles. The first-order valence-electron chi connectivity index (χ1n) is 7.42. The fourth-order valence-electron chi connectivity index (χ4n) is 2.37. The van der Waals surface area contributed by atoms with Gasteiger partial charge >= 0.3 is 0 Å². The maximum atomic E-state index is 14.0. The van der Waals surface area contributed by atoms with Crippen molar-refractivity contribution < 1.29 is 9.18 Å². The van der Waals surface area contributed by atoms with Gasteiger partial charge in [0.25, 0.3) is 5.91 Å². The summed E-state index contributed by atoms with van der Waals surface area (Å²) in [7, 11) is 0. The SMILES string of the molecule is N#Cc1ccc(C(=O)Nc2cccc(-c3nn4cnnc4s3)c2)c(F)c1. The zero-order chi connectivity index (χ0) is 18.1. The molecule has 0 atom stereocenters. The number of amides is 1. The Morgan fingerprint density at radius 3 is 2.92 bits per heavy atom. The highest BCUT2D eigenvalue weighted by atomic mass is 32.1. The lowest BCUT2D eigenvalue weighted by Gasteiger charge is -2.07. The molecular formula is C17H9FN6OS. The van der Waals surface area contributed by atoms with Crippen molar-refractivity contribution in [2.75, 3.05) is 5.32 Å². The minimum absolute atomic E-state index is 0.131. The van der Waals surface area contributed by atoms with Gasteiger partial charge in [-0.3, -0.25) is 4.79 Å². The zero-order valence-corrected chi connectivity index (χ0v) is 13.9. The van der Waals surface area contributed by atoms with E-state index < -0.39 is 11.7 Å². The topological polar surface area (TPSA) is 96.0 Å². The van der Waals surface area contributed by atoms with E-state index in [0.717, 1.165) is 16.6 Å². The van der Waals surface area contributed by atoms with Crippen molar-refractivity contribution in [3.63, 3.8) is 0 Å². The Morgan fingerprint density at radius 1 is 1.27 bits per heavy atom. The molecular weight excluding hydrogens is 355 g/mol. The molecule has 26 heavy (non-hydrogen) atoms. The maximum absolute atomic E-state index is 14.0. The molecule has 0 aliphatic heterocycles. The van der Waals surface area contributed by atoms with Gasteiger partial charge in [0.15, 0.2) is 0 Å². The summed E-state index contributed by atoms with van der Waals surface area (Å²) in [6.45, 7) is 0. The van der Waals surface area contributed by atoms with Crippen LogP contribution < -0.4 is 5.32 Å². The highest BCUT2D eigenvalue weighted by Crippen LogP contribution is 2.27. The Bertz CT molecular complexity index is 1150. The molecule has 2 aromatic carbocycles. The zero-order valence-electron chi connectivity index (χ0n) is 13.0. The normalized spacial score (nSPS) is 10.6. The third-order valence-electron chi connectivity index (χ3n) is 3.60. The third kappa shape index (κ3) is 2.89. The average Bonchev–Trinajstić information content (AvgIpc) is 3.23. The summed E-state index contributed by atoms with van der Waals surface area (Å²) in [6.07, 6.45) is 1.51. The van der Waals surface area contributed by atoms with Crippen molar-refractivity contribution in [1.82, 2.24) is 19.8 Å². The number of aromatic nitrogens is 4. The fourth-order valence-corrected chi connectivity index (χ4v) is 3.19. The van der Waals surface area contributed by atoms with Crippen molar-refractivity contribution in [2.45, 2.75) is 0 Å². The standard InChI is InChI=1S/C17H9FN6OS/c18-14-6-10(8-19)4-5-13(14)15(25)21-12-3-1-2-11(7-12)16-23-24-9-20-22-17(24)26-16/h1-7,9H,(H,21,25). The number of carbonyl (C=O) groups is 1. The van der Waals surface area contributed by atoms with Gasteiger partial charge in [0, 0.05) is 11.3 Å². The summed E-state index contributed by atoms with van der Waals surface area (Å²) in [6, 6.07) is 12.6. The second kappa shape index (κ2) is 6.34. The summed E-state index contributed by atoms with van der Waals surface area (Å²) < 4.78 is 15.5. The van der Waals surface area contributed by atoms with E-state index in [2.05, 4.69) is 20.6 Å². The van der Waals surface area contributed by atoms with Crippen LogP contribution in [0, 0.1) is 17.1 Å². The quantitative estimate of drug-likeness (QED) is 0.602. The maximum Gasteiger partial charge on any atom is 0.258 e. The largest absolute Gasteiger partial charge is 0.322 e. The molecule has 1 amide bonds. The summed E-state index contributed by atoms with van der Waals surface area (Å²) in [4.78, 5) is 13.0. The molecule has 0 aliphatic carbocycles. The first-order chi connectivity index (χ1) is 12.6. The van der Waals surface area contributed by atoms with E-state index in [1.807, 2.05) is 12.1 Å². The number of anilines is 1. The van der Waals surface area contributed by atoms with E-state index >= 15 is 0 Å². The molecule has 4 aromatic rings. The van der Waals surface area contributed by atoms with Crippen molar-refractivity contribution in [3.8, 4) is 16.6 Å². The highest BCUT2D eigenvalue weighted by molar-refractivity contribution is 7.19. The van der Waals surface area contributed by atoms with E-state index in [4.69, 9.17) is 5.26 Å². The van der Waals surface area contributed by atoms with Crippen LogP contribution >= 0.6 is 11.3 Å². The van der Waals surface area contributed by atoms with E-state index in [1.54, 1.807) is 22.7 Å². The van der Waals surface area contributed by atoms with Gasteiger partial charge in [0.05, 0.1) is 17.2 Å². The first kappa shape index (κ1) is 15.9. The van der Waals surface area contributed by atoms with Gasteiger partial charge in [0.2, 0.25) is 4.96 Å². The minimum atomic E-state index is -0.744. The number of nitrogens with one attached hydrogen (secondary N) is 1. The van der Waals surface area contributed by atoms with Crippen LogP contribution in [-0.4, -0.2) is 25.7 Å². The smallest absolute Gasteiger partial charge is 0.258 e. The van der Waals surface area contributed by atoms with E-state index in [9.17, 15) is 9.18 Å². The van der Waals surface area contributed by atoms with E-state index in [-0.39, 0.29) is 11.1 Å². The van der Waals surface area contributed by atoms with Crippen molar-refractivity contribution in [3.05, 3.63) is 65.7 Å². The average molecular weight is 364 g/mol. The van der Waals surface area contributed by atoms with Crippen LogP contribution in [0.1, 0.15) is 15.9 Å². The lowest BCUT2D eigenvalue weighted by atomic mass is 10.1. The van der Waals surface area contributed by atoms with Gasteiger partial charge in [-0.25, -0.2) is 4.39 Å². The predicted molar refractivity (Wildman–Crippen MR) is 93.2 cm³/mol. The summed E-state index contributed by atoms with van der Waals surface area (Å²) >= 11 is 1.36. The number of carbonyl (C=O) groups excluding carboxylic acids is 1. The monoisotopic (exact) mass is 364 g/mol. The lowest BCUT2D eigenvalue weighted by molar-refractivity contribution is 0.102. The molecule has 0 saturated heterocycles. The number of hydrogen-bond acceptors (Lipinski definition) is 6. The third-order valence-corrected chi connectivity index (χ3v) is 4.56. The molecule has 0 saturated carbocycles. The number of halogens is 1. The lowest BCUT2D eigenvalue weighted by Crippen LogP contribution is -2.13. The van der Waals surface area contributed by atoms with Gasteiger partial charge in [-0.15, -0.1) is 10.2 Å². The molecule has 0 spiro atoms. The predicted octanol–water partition coefficient (Wildman–Crippen LogP) is 3.12. The summed E-state index contributed by atoms with van der Waals surface area (Å²) in [5.41, 5.74) is 1.32. The first-order valence-corrected chi connectivity index (χ1v) is 8.24. The molecule has 4 rings (SSSR count). The number of nitrogens with zero attached hydrogens (tertiary/aromatic N) is 5. The second-order valence-electron chi connectivity index (χ2n) is 5.31. The van der Waals surface area contributed by atoms with Crippen LogP contribution in [0.2, 0.25) is 0 Å². The Morgan fingerprint density at radius 2 is 2.15 bits per heavy atom. The molecule has 0 unspecified atom stereocenters. The van der Waals surface area contributed by atoms with Crippen LogP contribution in [0.3, 0.4) is 0 Å². The second-order valence-corrected chi connectivity index (χ2v) is 6.26. The molecule has 7 nitrogen and oxygen atoms in total. The molecule has 0 aliphatic rings. The van der Waals surface area contributed by atoms with Gasteiger partial charge < -0.3 is 5.32 Å². The van der Waals surface area contributed by atoms with Gasteiger partial charge in [-0.2, -0.15) is 14.9 Å². The molecule has 2 aromatic heterocycles. The number of hydrogen-bond donors (Lipinski definition) is 1. The fraction of sp³-hybridized carbons (Fsp3) is 0. The van der Waals surface area contributed by atoms with E-state index in [1.165, 1.54) is 29.8 Å². The van der Waals surface area contributed by atoms with Gasteiger partial charge in [0.1, 0.15) is 17.2 Å². The van der Waals surface area contributed by atoms with Crippen molar-refractivity contribution in [2.24, 2.45) is 0 Å². The number of nitriles is 1. The van der Waals surface area contributed by atoms with Crippen LogP contribution in [-0.2, 0) is 0 Å². The minimum Gasteiger partial charge on any atom is -0.322 e. The molecule has 0 fully saturated rings. The van der Waals surface area contributed by atoms with Gasteiger partial charge in [-0.05, 0) is 30.3 Å². The molecule has 126 valence electrons. The summed E-state index contributed by atoms with van der Waals surface area (Å²) in [5.74, 6) is -1.34. The number of fused-ring (bicyclic) bond motifs is 1. The molecule has 0 radical (unpaired) electrons. The van der Waals surface area contributed by atoms with Gasteiger partial charge in [-0.1, -0.05) is 23.5 Å². The van der Waals surface area contributed by atoms with Crippen molar-refractivity contribution >= 4 is 27.9 Å². The van der Waals surface area contributed by atoms with Crippen molar-refractivity contribution in [1.29, 1.82) is 5.26 Å². The van der Waals surface area contributed by atoms with E-state index in [0.29, 0.717) is 10.6 Å². The van der Waals surface area contributed by atoms with Crippen LogP contribution in [0.25, 0.3) is 15.5 Å². The summed E-state index contributed by atoms with van der Waals surface area (Å²) in [5, 5.41) is 24.2. The number of rotatable bonds is 3. The van der Waals surface area contributed by atoms with Crippen LogP contribution in [0.15, 0.2) is 48.8 Å².